The summed E-state index contributed by atoms with van der Waals surface area (Å²) in [6.07, 6.45) is 2.36. The van der Waals surface area contributed by atoms with Gasteiger partial charge < -0.3 is 15.0 Å². The molecule has 1 aromatic heterocycles. The molecule has 0 bridgehead atoms. The van der Waals surface area contributed by atoms with E-state index in [0.717, 1.165) is 37.1 Å². The van der Waals surface area contributed by atoms with Crippen molar-refractivity contribution in [3.05, 3.63) is 11.9 Å². The minimum atomic E-state index is 0.442. The molecule has 0 spiro atoms. The fourth-order valence-electron chi connectivity index (χ4n) is 1.89. The van der Waals surface area contributed by atoms with E-state index < -0.39 is 0 Å². The van der Waals surface area contributed by atoms with Crippen LogP contribution in [0, 0.1) is 0 Å². The Hall–Kier alpha value is -1.36. The molecule has 0 saturated heterocycles. The van der Waals surface area contributed by atoms with Crippen LogP contribution in [-0.2, 0) is 11.3 Å². The number of methoxy groups -OCH3 is 1. The maximum Gasteiger partial charge on any atom is 0.158 e. The number of rotatable bonds is 9. The van der Waals surface area contributed by atoms with Crippen molar-refractivity contribution in [1.82, 2.24) is 9.97 Å². The highest BCUT2D eigenvalue weighted by molar-refractivity contribution is 5.49. The molecule has 0 saturated carbocycles. The van der Waals surface area contributed by atoms with Gasteiger partial charge in [0, 0.05) is 32.8 Å². The average Bonchev–Trinajstić information content (AvgIpc) is 2.40. The lowest BCUT2D eigenvalue weighted by molar-refractivity contribution is 0.178. The minimum absolute atomic E-state index is 0.442. The Bertz CT molecular complexity index is 346. The van der Waals surface area contributed by atoms with Crippen LogP contribution in [0.4, 0.5) is 11.6 Å². The topological polar surface area (TPSA) is 50.3 Å². The Morgan fingerprint density at radius 1 is 1.26 bits per heavy atom. The van der Waals surface area contributed by atoms with Crippen molar-refractivity contribution in [1.29, 1.82) is 0 Å². The van der Waals surface area contributed by atoms with Crippen LogP contribution in [0.25, 0.3) is 0 Å². The van der Waals surface area contributed by atoms with Gasteiger partial charge in [0.2, 0.25) is 0 Å². The summed E-state index contributed by atoms with van der Waals surface area (Å²) in [5.41, 5.74) is 0. The molecule has 0 aliphatic carbocycles. The summed E-state index contributed by atoms with van der Waals surface area (Å²) in [6.45, 7) is 9.69. The minimum Gasteiger partial charge on any atom is -0.377 e. The molecule has 0 unspecified atom stereocenters. The molecule has 0 aromatic carbocycles. The zero-order valence-corrected chi connectivity index (χ0v) is 12.6. The van der Waals surface area contributed by atoms with Gasteiger partial charge in [-0.2, -0.15) is 0 Å². The fraction of sp³-hybridized carbons (Fsp3) is 0.714. The lowest BCUT2D eigenvalue weighted by Crippen LogP contribution is -2.25. The number of hydrogen-bond donors (Lipinski definition) is 1. The molecule has 5 nitrogen and oxygen atoms in total. The predicted octanol–water partition coefficient (Wildman–Crippen LogP) is 2.68. The third-order valence-electron chi connectivity index (χ3n) is 2.88. The lowest BCUT2D eigenvalue weighted by Gasteiger charge is -2.22. The van der Waals surface area contributed by atoms with E-state index >= 15 is 0 Å². The van der Waals surface area contributed by atoms with Crippen molar-refractivity contribution in [2.75, 3.05) is 37.0 Å². The maximum absolute atomic E-state index is 5.14. The normalized spacial score (nSPS) is 10.5. The highest BCUT2D eigenvalue weighted by Gasteiger charge is 2.10. The summed E-state index contributed by atoms with van der Waals surface area (Å²) in [6, 6.07) is 2.02. The summed E-state index contributed by atoms with van der Waals surface area (Å²) in [7, 11) is 1.66. The highest BCUT2D eigenvalue weighted by atomic mass is 16.5. The first-order valence-corrected chi connectivity index (χ1v) is 7.10. The van der Waals surface area contributed by atoms with Crippen LogP contribution < -0.4 is 10.2 Å². The van der Waals surface area contributed by atoms with E-state index in [2.05, 4.69) is 41.0 Å². The van der Waals surface area contributed by atoms with E-state index in [1.807, 2.05) is 6.07 Å². The van der Waals surface area contributed by atoms with Gasteiger partial charge in [-0.3, -0.25) is 0 Å². The third kappa shape index (κ3) is 5.03. The van der Waals surface area contributed by atoms with E-state index in [9.17, 15) is 0 Å². The Morgan fingerprint density at radius 2 is 2.05 bits per heavy atom. The quantitative estimate of drug-likeness (QED) is 0.744. The first-order chi connectivity index (χ1) is 9.24. The molecule has 19 heavy (non-hydrogen) atoms. The van der Waals surface area contributed by atoms with Crippen LogP contribution in [0.3, 0.4) is 0 Å². The molecule has 1 N–H and O–H groups in total. The largest absolute Gasteiger partial charge is 0.377 e. The van der Waals surface area contributed by atoms with Gasteiger partial charge in [-0.1, -0.05) is 13.3 Å². The molecule has 0 radical (unpaired) electrons. The SMILES string of the molecule is CCCCN(CC)c1cc(NCC)nc(COC)n1. The van der Waals surface area contributed by atoms with Crippen molar-refractivity contribution in [2.45, 2.75) is 40.2 Å². The van der Waals surface area contributed by atoms with Crippen molar-refractivity contribution < 1.29 is 4.74 Å². The molecule has 0 amide bonds. The van der Waals surface area contributed by atoms with Crippen molar-refractivity contribution >= 4 is 11.6 Å². The summed E-state index contributed by atoms with van der Waals surface area (Å²) < 4.78 is 5.14. The first-order valence-electron chi connectivity index (χ1n) is 7.10. The van der Waals surface area contributed by atoms with Crippen LogP contribution in [0.5, 0.6) is 0 Å². The second-order valence-electron chi connectivity index (χ2n) is 4.42. The Balaban J connectivity index is 2.94. The number of anilines is 2. The molecular formula is C14H26N4O. The van der Waals surface area contributed by atoms with Crippen LogP contribution >= 0.6 is 0 Å². The van der Waals surface area contributed by atoms with Gasteiger partial charge in [0.25, 0.3) is 0 Å². The van der Waals surface area contributed by atoms with Crippen LogP contribution in [0.15, 0.2) is 6.07 Å². The van der Waals surface area contributed by atoms with Crippen molar-refractivity contribution in [3.8, 4) is 0 Å². The van der Waals surface area contributed by atoms with Gasteiger partial charge in [-0.15, -0.1) is 0 Å². The molecule has 0 aliphatic rings. The smallest absolute Gasteiger partial charge is 0.158 e. The fourth-order valence-corrected chi connectivity index (χ4v) is 1.89. The molecule has 1 aromatic rings. The molecule has 5 heteroatoms. The van der Waals surface area contributed by atoms with Crippen LogP contribution in [0.2, 0.25) is 0 Å². The number of nitrogens with one attached hydrogen (secondary N) is 1. The van der Waals surface area contributed by atoms with Gasteiger partial charge in [0.05, 0.1) is 0 Å². The van der Waals surface area contributed by atoms with Crippen molar-refractivity contribution in [2.24, 2.45) is 0 Å². The maximum atomic E-state index is 5.14. The average molecular weight is 266 g/mol. The van der Waals surface area contributed by atoms with E-state index in [-0.39, 0.29) is 0 Å². The summed E-state index contributed by atoms with van der Waals surface area (Å²) >= 11 is 0. The highest BCUT2D eigenvalue weighted by Crippen LogP contribution is 2.17. The third-order valence-corrected chi connectivity index (χ3v) is 2.88. The second kappa shape index (κ2) is 8.69. The first kappa shape index (κ1) is 15.7. The van der Waals surface area contributed by atoms with Gasteiger partial charge in [-0.05, 0) is 20.3 Å². The molecule has 0 fully saturated rings. The van der Waals surface area contributed by atoms with E-state index in [4.69, 9.17) is 4.74 Å². The van der Waals surface area contributed by atoms with Crippen LogP contribution in [0.1, 0.15) is 39.4 Å². The van der Waals surface area contributed by atoms with Gasteiger partial charge in [0.1, 0.15) is 18.2 Å². The number of unbranched alkanes of at least 4 members (excludes halogenated alkanes) is 1. The second-order valence-corrected chi connectivity index (χ2v) is 4.42. The summed E-state index contributed by atoms with van der Waals surface area (Å²) in [5.74, 6) is 2.58. The predicted molar refractivity (Wildman–Crippen MR) is 79.7 cm³/mol. The monoisotopic (exact) mass is 266 g/mol. The Kier molecular flexibility index (Phi) is 7.18. The molecule has 1 rings (SSSR count). The van der Waals surface area contributed by atoms with Gasteiger partial charge in [0.15, 0.2) is 5.82 Å². The number of nitrogens with zero attached hydrogens (tertiary/aromatic N) is 3. The van der Waals surface area contributed by atoms with E-state index in [0.29, 0.717) is 6.61 Å². The standard InChI is InChI=1S/C14H26N4O/c1-5-8-9-18(7-3)14-10-12(15-6-2)16-13(17-14)11-19-4/h10H,5-9,11H2,1-4H3,(H,15,16,17). The van der Waals surface area contributed by atoms with Crippen molar-refractivity contribution in [3.63, 3.8) is 0 Å². The molecule has 108 valence electrons. The Morgan fingerprint density at radius 3 is 2.63 bits per heavy atom. The summed E-state index contributed by atoms with van der Waals surface area (Å²) in [4.78, 5) is 11.3. The molecule has 0 atom stereocenters. The number of aromatic nitrogens is 2. The zero-order valence-electron chi connectivity index (χ0n) is 12.6. The number of hydrogen-bond acceptors (Lipinski definition) is 5. The Labute approximate surface area is 116 Å². The lowest BCUT2D eigenvalue weighted by atomic mass is 10.3. The molecular weight excluding hydrogens is 240 g/mol. The van der Waals surface area contributed by atoms with E-state index in [1.54, 1.807) is 7.11 Å². The van der Waals surface area contributed by atoms with Crippen LogP contribution in [-0.4, -0.2) is 36.7 Å². The zero-order chi connectivity index (χ0) is 14.1. The van der Waals surface area contributed by atoms with Gasteiger partial charge >= 0.3 is 0 Å². The number of ether oxygens (including phenoxy) is 1. The molecule has 0 aliphatic heterocycles. The van der Waals surface area contributed by atoms with Gasteiger partial charge in [-0.25, -0.2) is 9.97 Å². The summed E-state index contributed by atoms with van der Waals surface area (Å²) in [5, 5.41) is 3.25. The molecule has 1 heterocycles. The van der Waals surface area contributed by atoms with E-state index in [1.165, 1.54) is 12.8 Å².